The van der Waals surface area contributed by atoms with Crippen molar-refractivity contribution >= 4 is 33.3 Å². The highest BCUT2D eigenvalue weighted by Gasteiger charge is 2.38. The SMILES string of the molecule is CC(C)Cc1ccc(S(=O)(=O)Nc2ccc(N3CCCCCC3)c(C(=O)O)c2)cc1.O=C(O)C(F)(F)F. The molecule has 1 fully saturated rings. The van der Waals surface area contributed by atoms with Crippen LogP contribution in [0.3, 0.4) is 0 Å². The fourth-order valence-electron chi connectivity index (χ4n) is 3.85. The molecule has 3 N–H and O–H groups in total. The van der Waals surface area contributed by atoms with Crippen molar-refractivity contribution in [3.8, 4) is 0 Å². The van der Waals surface area contributed by atoms with E-state index in [1.807, 2.05) is 12.1 Å². The van der Waals surface area contributed by atoms with E-state index in [-0.39, 0.29) is 16.1 Å². The molecule has 1 aliphatic heterocycles. The smallest absolute Gasteiger partial charge is 0.478 e. The summed E-state index contributed by atoms with van der Waals surface area (Å²) in [5, 5.41) is 16.8. The number of carboxylic acid groups (broad SMARTS) is 2. The predicted molar refractivity (Wildman–Crippen MR) is 134 cm³/mol. The predicted octanol–water partition coefficient (Wildman–Crippen LogP) is 5.40. The molecule has 0 saturated carbocycles. The molecule has 1 aliphatic rings. The molecule has 12 heteroatoms. The number of sulfonamides is 1. The molecule has 0 unspecified atom stereocenters. The zero-order valence-electron chi connectivity index (χ0n) is 20.6. The minimum atomic E-state index is -5.08. The van der Waals surface area contributed by atoms with Gasteiger partial charge in [0.15, 0.2) is 0 Å². The first kappa shape index (κ1) is 29.9. The number of carbonyl (C=O) groups is 2. The molecule has 8 nitrogen and oxygen atoms in total. The summed E-state index contributed by atoms with van der Waals surface area (Å²) in [7, 11) is -3.80. The van der Waals surface area contributed by atoms with Gasteiger partial charge in [0.05, 0.1) is 16.1 Å². The first-order chi connectivity index (χ1) is 17.2. The molecule has 0 bridgehead atoms. The normalized spacial score (nSPS) is 14.4. The molecular weight excluding hydrogens is 513 g/mol. The van der Waals surface area contributed by atoms with Gasteiger partial charge in [0, 0.05) is 18.8 Å². The van der Waals surface area contributed by atoms with Crippen LogP contribution in [0.2, 0.25) is 0 Å². The number of rotatable bonds is 7. The molecule has 0 aromatic heterocycles. The lowest BCUT2D eigenvalue weighted by Gasteiger charge is -2.24. The Balaban J connectivity index is 0.000000604. The quantitative estimate of drug-likeness (QED) is 0.427. The third kappa shape index (κ3) is 9.27. The summed E-state index contributed by atoms with van der Waals surface area (Å²) >= 11 is 0. The molecule has 1 saturated heterocycles. The molecule has 3 rings (SSSR count). The maximum atomic E-state index is 12.8. The molecule has 2 aromatic rings. The van der Waals surface area contributed by atoms with Gasteiger partial charge in [-0.1, -0.05) is 38.8 Å². The summed E-state index contributed by atoms with van der Waals surface area (Å²) in [5.74, 6) is -3.33. The van der Waals surface area contributed by atoms with Gasteiger partial charge in [-0.05, 0) is 61.1 Å². The van der Waals surface area contributed by atoms with Crippen LogP contribution in [-0.2, 0) is 21.2 Å². The minimum Gasteiger partial charge on any atom is -0.478 e. The first-order valence-corrected chi connectivity index (χ1v) is 13.2. The number of nitrogens with zero attached hydrogens (tertiary/aromatic N) is 1. The molecular formula is C25H31F3N2O6S. The van der Waals surface area contributed by atoms with Gasteiger partial charge in [0.1, 0.15) is 0 Å². The molecule has 0 atom stereocenters. The van der Waals surface area contributed by atoms with Crippen LogP contribution in [0.1, 0.15) is 55.5 Å². The van der Waals surface area contributed by atoms with E-state index in [1.54, 1.807) is 24.3 Å². The summed E-state index contributed by atoms with van der Waals surface area (Å²) in [6, 6.07) is 11.6. The van der Waals surface area contributed by atoms with Crippen LogP contribution in [0.5, 0.6) is 0 Å². The van der Waals surface area contributed by atoms with Crippen LogP contribution in [-0.4, -0.2) is 49.8 Å². The average Bonchev–Trinajstić information content (AvgIpc) is 3.08. The van der Waals surface area contributed by atoms with Crippen molar-refractivity contribution < 1.29 is 41.4 Å². The minimum absolute atomic E-state index is 0.115. The number of alkyl halides is 3. The lowest BCUT2D eigenvalue weighted by atomic mass is 10.0. The number of hydrogen-bond donors (Lipinski definition) is 3. The molecule has 204 valence electrons. The second-order valence-electron chi connectivity index (χ2n) is 9.09. The number of benzene rings is 2. The maximum absolute atomic E-state index is 12.8. The van der Waals surface area contributed by atoms with Gasteiger partial charge >= 0.3 is 18.1 Å². The van der Waals surface area contributed by atoms with Crippen molar-refractivity contribution in [2.45, 2.75) is 57.0 Å². The highest BCUT2D eigenvalue weighted by Crippen LogP contribution is 2.28. The summed E-state index contributed by atoms with van der Waals surface area (Å²) in [4.78, 5) is 23.0. The number of aromatic carboxylic acids is 1. The molecule has 2 aromatic carbocycles. The van der Waals surface area contributed by atoms with Crippen LogP contribution in [0, 0.1) is 5.92 Å². The van der Waals surface area contributed by atoms with E-state index < -0.39 is 28.1 Å². The van der Waals surface area contributed by atoms with E-state index in [0.29, 0.717) is 11.6 Å². The van der Waals surface area contributed by atoms with Gasteiger partial charge in [0.25, 0.3) is 10.0 Å². The van der Waals surface area contributed by atoms with Crippen LogP contribution in [0.15, 0.2) is 47.4 Å². The van der Waals surface area contributed by atoms with E-state index in [2.05, 4.69) is 23.5 Å². The van der Waals surface area contributed by atoms with Gasteiger partial charge in [-0.25, -0.2) is 18.0 Å². The van der Waals surface area contributed by atoms with Crippen molar-refractivity contribution in [1.29, 1.82) is 0 Å². The van der Waals surface area contributed by atoms with Crippen molar-refractivity contribution in [2.24, 2.45) is 5.92 Å². The molecule has 0 radical (unpaired) electrons. The van der Waals surface area contributed by atoms with E-state index in [1.165, 1.54) is 6.07 Å². The lowest BCUT2D eigenvalue weighted by Crippen LogP contribution is -2.26. The van der Waals surface area contributed by atoms with Crippen LogP contribution in [0.4, 0.5) is 24.5 Å². The van der Waals surface area contributed by atoms with E-state index >= 15 is 0 Å². The summed E-state index contributed by atoms with van der Waals surface area (Å²) in [6.45, 7) is 5.85. The standard InChI is InChI=1S/C23H30N2O4S.C2HF3O2/c1-17(2)15-18-7-10-20(11-8-18)30(28,29)24-19-9-12-22(21(16-19)23(26)27)25-13-5-3-4-6-14-25;3-2(4,5)1(6)7/h7-12,16-17,24H,3-6,13-15H2,1-2H3,(H,26,27);(H,6,7). The van der Waals surface area contributed by atoms with Crippen LogP contribution in [0.25, 0.3) is 0 Å². The first-order valence-electron chi connectivity index (χ1n) is 11.7. The van der Waals surface area contributed by atoms with E-state index in [9.17, 15) is 31.5 Å². The van der Waals surface area contributed by atoms with Gasteiger partial charge < -0.3 is 15.1 Å². The second kappa shape index (κ2) is 12.8. The van der Waals surface area contributed by atoms with E-state index in [0.717, 1.165) is 50.8 Å². The highest BCUT2D eigenvalue weighted by atomic mass is 32.2. The Hall–Kier alpha value is -3.28. The molecule has 0 amide bonds. The van der Waals surface area contributed by atoms with Crippen molar-refractivity contribution in [1.82, 2.24) is 0 Å². The Labute approximate surface area is 214 Å². The van der Waals surface area contributed by atoms with Gasteiger partial charge in [-0.15, -0.1) is 0 Å². The van der Waals surface area contributed by atoms with Crippen molar-refractivity contribution in [3.63, 3.8) is 0 Å². The number of aliphatic carboxylic acids is 1. The zero-order chi connectivity index (χ0) is 27.8. The largest absolute Gasteiger partial charge is 0.490 e. The molecule has 37 heavy (non-hydrogen) atoms. The number of carboxylic acids is 2. The number of anilines is 2. The number of nitrogens with one attached hydrogen (secondary N) is 1. The third-order valence-electron chi connectivity index (χ3n) is 5.55. The topological polar surface area (TPSA) is 124 Å². The summed E-state index contributed by atoms with van der Waals surface area (Å²) in [5.41, 5.74) is 2.09. The molecule has 0 spiro atoms. The van der Waals surface area contributed by atoms with Crippen LogP contribution < -0.4 is 9.62 Å². The average molecular weight is 545 g/mol. The number of halogens is 3. The highest BCUT2D eigenvalue weighted by molar-refractivity contribution is 7.92. The third-order valence-corrected chi connectivity index (χ3v) is 6.94. The Morgan fingerprint density at radius 3 is 1.97 bits per heavy atom. The Kier molecular flexibility index (Phi) is 10.4. The van der Waals surface area contributed by atoms with Crippen LogP contribution >= 0.6 is 0 Å². The van der Waals surface area contributed by atoms with Gasteiger partial charge in [0.2, 0.25) is 0 Å². The zero-order valence-corrected chi connectivity index (χ0v) is 21.4. The second-order valence-corrected chi connectivity index (χ2v) is 10.8. The summed E-state index contributed by atoms with van der Waals surface area (Å²) in [6.07, 6.45) is 0.146. The monoisotopic (exact) mass is 544 g/mol. The van der Waals surface area contributed by atoms with Gasteiger partial charge in [-0.3, -0.25) is 4.72 Å². The molecule has 0 aliphatic carbocycles. The van der Waals surface area contributed by atoms with E-state index in [4.69, 9.17) is 9.90 Å². The summed E-state index contributed by atoms with van der Waals surface area (Å²) < 4.78 is 59.8. The van der Waals surface area contributed by atoms with Crippen molar-refractivity contribution in [2.75, 3.05) is 22.7 Å². The van der Waals surface area contributed by atoms with Crippen molar-refractivity contribution in [3.05, 3.63) is 53.6 Å². The van der Waals surface area contributed by atoms with Gasteiger partial charge in [-0.2, -0.15) is 13.2 Å². The maximum Gasteiger partial charge on any atom is 0.490 e. The fourth-order valence-corrected chi connectivity index (χ4v) is 4.90. The number of hydrogen-bond acceptors (Lipinski definition) is 5. The lowest BCUT2D eigenvalue weighted by molar-refractivity contribution is -0.192. The Morgan fingerprint density at radius 1 is 0.973 bits per heavy atom. The Morgan fingerprint density at radius 2 is 1.51 bits per heavy atom. The molecule has 1 heterocycles. The Bertz CT molecular complexity index is 1170. The fraction of sp³-hybridized carbons (Fsp3) is 0.440.